The van der Waals surface area contributed by atoms with Crippen molar-refractivity contribution < 1.29 is 13.7 Å². The molecule has 1 N–H and O–H groups in total. The number of amides is 1. The number of carbonyl (C=O) groups excluding carboxylic acids is 1. The summed E-state index contributed by atoms with van der Waals surface area (Å²) < 4.78 is 18.2. The quantitative estimate of drug-likeness (QED) is 0.804. The van der Waals surface area contributed by atoms with Gasteiger partial charge < -0.3 is 9.84 Å². The van der Waals surface area contributed by atoms with Crippen LogP contribution in [0, 0.1) is 12.7 Å². The molecular formula is C17H14FN3O2. The molecule has 116 valence electrons. The van der Waals surface area contributed by atoms with E-state index in [-0.39, 0.29) is 18.3 Å². The molecule has 1 aromatic heterocycles. The highest BCUT2D eigenvalue weighted by Gasteiger charge is 2.09. The van der Waals surface area contributed by atoms with Gasteiger partial charge in [-0.3, -0.25) is 4.79 Å². The van der Waals surface area contributed by atoms with Crippen molar-refractivity contribution in [2.45, 2.75) is 13.5 Å². The zero-order valence-corrected chi connectivity index (χ0v) is 12.4. The van der Waals surface area contributed by atoms with Gasteiger partial charge in [0.25, 0.3) is 11.8 Å². The molecule has 23 heavy (non-hydrogen) atoms. The molecule has 2 aromatic carbocycles. The molecule has 0 atom stereocenters. The molecule has 5 nitrogen and oxygen atoms in total. The minimum Gasteiger partial charge on any atom is -0.348 e. The molecule has 6 heteroatoms. The first-order valence-corrected chi connectivity index (χ1v) is 7.05. The number of carbonyl (C=O) groups is 1. The Hall–Kier alpha value is -3.02. The number of hydrogen-bond donors (Lipinski definition) is 1. The Bertz CT molecular complexity index is 828. The maximum atomic E-state index is 13.1. The van der Waals surface area contributed by atoms with Crippen molar-refractivity contribution in [2.24, 2.45) is 0 Å². The second kappa shape index (κ2) is 6.39. The van der Waals surface area contributed by atoms with Crippen LogP contribution >= 0.6 is 0 Å². The lowest BCUT2D eigenvalue weighted by atomic mass is 10.1. The van der Waals surface area contributed by atoms with Crippen LogP contribution in [-0.2, 0) is 6.54 Å². The first kappa shape index (κ1) is 14.9. The van der Waals surface area contributed by atoms with E-state index in [9.17, 15) is 9.18 Å². The largest absolute Gasteiger partial charge is 0.348 e. The fraction of sp³-hybridized carbons (Fsp3) is 0.118. The lowest BCUT2D eigenvalue weighted by Crippen LogP contribution is -2.22. The minimum atomic E-state index is -0.323. The lowest BCUT2D eigenvalue weighted by Gasteiger charge is -2.06. The number of nitrogens with zero attached hydrogens (tertiary/aromatic N) is 2. The van der Waals surface area contributed by atoms with Crippen LogP contribution in [0.1, 0.15) is 21.7 Å². The van der Waals surface area contributed by atoms with Crippen LogP contribution in [0.5, 0.6) is 0 Å². The minimum absolute atomic E-state index is 0.234. The van der Waals surface area contributed by atoms with E-state index in [1.165, 1.54) is 12.1 Å². The molecular weight excluding hydrogens is 297 g/mol. The van der Waals surface area contributed by atoms with Crippen molar-refractivity contribution in [3.8, 4) is 11.5 Å². The summed E-state index contributed by atoms with van der Waals surface area (Å²) in [6.45, 7) is 2.00. The van der Waals surface area contributed by atoms with Crippen LogP contribution in [0.3, 0.4) is 0 Å². The standard InChI is InChI=1S/C17H14FN3O2/c1-11-20-17(23-21-11)14-7-5-13(6-8-14)16(22)19-10-12-3-2-4-15(18)9-12/h2-9H,10H2,1H3,(H,19,22). The molecule has 0 aliphatic rings. The SMILES string of the molecule is Cc1noc(-c2ccc(C(=O)NCc3cccc(F)c3)cc2)n1. The molecule has 0 aliphatic carbocycles. The first-order chi connectivity index (χ1) is 11.1. The molecule has 0 spiro atoms. The molecule has 3 rings (SSSR count). The molecule has 0 radical (unpaired) electrons. The highest BCUT2D eigenvalue weighted by Crippen LogP contribution is 2.17. The summed E-state index contributed by atoms with van der Waals surface area (Å²) in [5, 5.41) is 6.47. The van der Waals surface area contributed by atoms with Gasteiger partial charge in [-0.05, 0) is 48.9 Å². The predicted octanol–water partition coefficient (Wildman–Crippen LogP) is 3.11. The van der Waals surface area contributed by atoms with Gasteiger partial charge in [0.2, 0.25) is 0 Å². The topological polar surface area (TPSA) is 68.0 Å². The number of rotatable bonds is 4. The Morgan fingerprint density at radius 2 is 2.00 bits per heavy atom. The van der Waals surface area contributed by atoms with Crippen molar-refractivity contribution in [1.29, 1.82) is 0 Å². The highest BCUT2D eigenvalue weighted by molar-refractivity contribution is 5.94. The Morgan fingerprint density at radius 3 is 2.65 bits per heavy atom. The van der Waals surface area contributed by atoms with Crippen LogP contribution in [0.4, 0.5) is 4.39 Å². The van der Waals surface area contributed by atoms with E-state index in [2.05, 4.69) is 15.5 Å². The van der Waals surface area contributed by atoms with E-state index < -0.39 is 0 Å². The number of aryl methyl sites for hydroxylation is 1. The van der Waals surface area contributed by atoms with Crippen molar-refractivity contribution in [3.63, 3.8) is 0 Å². The van der Waals surface area contributed by atoms with Crippen molar-refractivity contribution in [1.82, 2.24) is 15.5 Å². The summed E-state index contributed by atoms with van der Waals surface area (Å²) in [4.78, 5) is 16.2. The summed E-state index contributed by atoms with van der Waals surface area (Å²) in [5.74, 6) is 0.407. The van der Waals surface area contributed by atoms with Gasteiger partial charge >= 0.3 is 0 Å². The molecule has 1 amide bonds. The molecule has 0 saturated carbocycles. The second-order valence-electron chi connectivity index (χ2n) is 5.04. The third kappa shape index (κ3) is 3.60. The maximum Gasteiger partial charge on any atom is 0.257 e. The van der Waals surface area contributed by atoms with Crippen molar-refractivity contribution in [3.05, 3.63) is 71.3 Å². The summed E-state index contributed by atoms with van der Waals surface area (Å²) >= 11 is 0. The molecule has 0 unspecified atom stereocenters. The van der Waals surface area contributed by atoms with E-state index in [4.69, 9.17) is 4.52 Å². The number of benzene rings is 2. The average molecular weight is 311 g/mol. The zero-order valence-electron chi connectivity index (χ0n) is 12.4. The third-order valence-electron chi connectivity index (χ3n) is 3.26. The fourth-order valence-corrected chi connectivity index (χ4v) is 2.11. The molecule has 0 fully saturated rings. The van der Waals surface area contributed by atoms with Crippen LogP contribution in [0.2, 0.25) is 0 Å². The third-order valence-corrected chi connectivity index (χ3v) is 3.26. The smallest absolute Gasteiger partial charge is 0.257 e. The van der Waals surface area contributed by atoms with E-state index in [1.54, 1.807) is 43.3 Å². The van der Waals surface area contributed by atoms with E-state index in [0.717, 1.165) is 5.56 Å². The van der Waals surface area contributed by atoms with Gasteiger partial charge in [-0.25, -0.2) is 4.39 Å². The van der Waals surface area contributed by atoms with Crippen LogP contribution in [0.15, 0.2) is 53.1 Å². The second-order valence-corrected chi connectivity index (χ2v) is 5.04. The Balaban J connectivity index is 1.66. The molecule has 1 heterocycles. The van der Waals surface area contributed by atoms with E-state index in [1.807, 2.05) is 0 Å². The summed E-state index contributed by atoms with van der Waals surface area (Å²) in [7, 11) is 0. The van der Waals surface area contributed by atoms with Gasteiger partial charge in [-0.15, -0.1) is 0 Å². The van der Waals surface area contributed by atoms with Gasteiger partial charge in [0.05, 0.1) is 0 Å². The van der Waals surface area contributed by atoms with Crippen LogP contribution in [-0.4, -0.2) is 16.0 Å². The van der Waals surface area contributed by atoms with Crippen molar-refractivity contribution >= 4 is 5.91 Å². The highest BCUT2D eigenvalue weighted by atomic mass is 19.1. The van der Waals surface area contributed by atoms with Crippen LogP contribution in [0.25, 0.3) is 11.5 Å². The predicted molar refractivity (Wildman–Crippen MR) is 82.0 cm³/mol. The average Bonchev–Trinajstić information content (AvgIpc) is 2.99. The normalized spacial score (nSPS) is 10.5. The number of hydrogen-bond acceptors (Lipinski definition) is 4. The van der Waals surface area contributed by atoms with Gasteiger partial charge in [-0.1, -0.05) is 17.3 Å². The number of halogens is 1. The van der Waals surface area contributed by atoms with Crippen molar-refractivity contribution in [2.75, 3.05) is 0 Å². The molecule has 0 aliphatic heterocycles. The van der Waals surface area contributed by atoms with E-state index in [0.29, 0.717) is 22.8 Å². The van der Waals surface area contributed by atoms with Crippen LogP contribution < -0.4 is 5.32 Å². The molecule has 0 bridgehead atoms. The number of aromatic nitrogens is 2. The molecule has 0 saturated heterocycles. The van der Waals surface area contributed by atoms with Gasteiger partial charge in [-0.2, -0.15) is 4.98 Å². The summed E-state index contributed by atoms with van der Waals surface area (Å²) in [6, 6.07) is 13.0. The van der Waals surface area contributed by atoms with Gasteiger partial charge in [0.1, 0.15) is 5.82 Å². The fourth-order valence-electron chi connectivity index (χ4n) is 2.11. The molecule has 3 aromatic rings. The van der Waals surface area contributed by atoms with Gasteiger partial charge in [0.15, 0.2) is 5.82 Å². The maximum absolute atomic E-state index is 13.1. The first-order valence-electron chi connectivity index (χ1n) is 7.05. The lowest BCUT2D eigenvalue weighted by molar-refractivity contribution is 0.0951. The Labute approximate surface area is 132 Å². The van der Waals surface area contributed by atoms with Gasteiger partial charge in [0, 0.05) is 17.7 Å². The zero-order chi connectivity index (χ0) is 16.2. The Morgan fingerprint density at radius 1 is 1.22 bits per heavy atom. The van der Waals surface area contributed by atoms with E-state index >= 15 is 0 Å². The number of nitrogens with one attached hydrogen (secondary N) is 1. The Kier molecular flexibility index (Phi) is 4.14. The monoisotopic (exact) mass is 311 g/mol. The summed E-state index contributed by atoms with van der Waals surface area (Å²) in [5.41, 5.74) is 1.95. The summed E-state index contributed by atoms with van der Waals surface area (Å²) in [6.07, 6.45) is 0.